The smallest absolute Gasteiger partial charge is 0.339 e. The Hall–Kier alpha value is -4.53. The number of amides is 2. The Labute approximate surface area is 201 Å². The van der Waals surface area contributed by atoms with Gasteiger partial charge in [-0.1, -0.05) is 30.3 Å². The summed E-state index contributed by atoms with van der Waals surface area (Å²) < 4.78 is 6.60. The van der Waals surface area contributed by atoms with Crippen LogP contribution in [-0.4, -0.2) is 46.2 Å². The van der Waals surface area contributed by atoms with E-state index >= 15 is 0 Å². The predicted molar refractivity (Wildman–Crippen MR) is 130 cm³/mol. The van der Waals surface area contributed by atoms with E-state index in [-0.39, 0.29) is 30.3 Å². The molecule has 1 saturated heterocycles. The molecule has 0 bridgehead atoms. The van der Waals surface area contributed by atoms with Crippen molar-refractivity contribution in [1.29, 1.82) is 0 Å². The Bertz CT molecular complexity index is 1450. The molecule has 4 aromatic rings. The number of rotatable bonds is 5. The summed E-state index contributed by atoms with van der Waals surface area (Å²) in [7, 11) is 1.29. The number of aryl methyl sites for hydroxylation is 1. The molecule has 35 heavy (non-hydrogen) atoms. The van der Waals surface area contributed by atoms with Gasteiger partial charge >= 0.3 is 5.97 Å². The van der Waals surface area contributed by atoms with Crippen molar-refractivity contribution in [3.05, 3.63) is 78.1 Å². The van der Waals surface area contributed by atoms with Gasteiger partial charge in [0.25, 0.3) is 0 Å². The van der Waals surface area contributed by atoms with Gasteiger partial charge in [-0.3, -0.25) is 9.59 Å². The third kappa shape index (κ3) is 4.12. The van der Waals surface area contributed by atoms with E-state index in [1.54, 1.807) is 35.1 Å². The molecular formula is C26H23N5O4. The van der Waals surface area contributed by atoms with Gasteiger partial charge in [-0.2, -0.15) is 5.10 Å². The quantitative estimate of drug-likeness (QED) is 0.449. The molecule has 2 aromatic heterocycles. The van der Waals surface area contributed by atoms with Gasteiger partial charge in [0, 0.05) is 18.4 Å². The van der Waals surface area contributed by atoms with E-state index in [1.807, 2.05) is 43.3 Å². The molecule has 0 aliphatic carbocycles. The van der Waals surface area contributed by atoms with Gasteiger partial charge in [0.1, 0.15) is 0 Å². The van der Waals surface area contributed by atoms with Crippen LogP contribution in [0.1, 0.15) is 22.5 Å². The lowest BCUT2D eigenvalue weighted by molar-refractivity contribution is -0.122. The number of aromatic nitrogens is 3. The summed E-state index contributed by atoms with van der Waals surface area (Å²) in [4.78, 5) is 43.9. The SMILES string of the molecule is COC(=O)c1ccccc1N1CC(C(=O)Nc2cnc3c(c2)c(C)nn3-c2ccccc2)CC1=O. The van der Waals surface area contributed by atoms with E-state index < -0.39 is 11.9 Å². The van der Waals surface area contributed by atoms with Crippen molar-refractivity contribution in [3.8, 4) is 5.69 Å². The van der Waals surface area contributed by atoms with Gasteiger partial charge in [-0.05, 0) is 37.3 Å². The summed E-state index contributed by atoms with van der Waals surface area (Å²) >= 11 is 0. The van der Waals surface area contributed by atoms with Gasteiger partial charge < -0.3 is 15.0 Å². The second-order valence-corrected chi connectivity index (χ2v) is 8.33. The first kappa shape index (κ1) is 22.3. The Morgan fingerprint density at radius 2 is 1.83 bits per heavy atom. The zero-order chi connectivity index (χ0) is 24.5. The summed E-state index contributed by atoms with van der Waals surface area (Å²) in [6.45, 7) is 2.06. The molecule has 1 N–H and O–H groups in total. The van der Waals surface area contributed by atoms with Crippen molar-refractivity contribution in [2.75, 3.05) is 23.9 Å². The van der Waals surface area contributed by atoms with Crippen LogP contribution in [0.25, 0.3) is 16.7 Å². The molecule has 9 nitrogen and oxygen atoms in total. The van der Waals surface area contributed by atoms with Crippen LogP contribution in [0, 0.1) is 12.8 Å². The maximum absolute atomic E-state index is 13.0. The predicted octanol–water partition coefficient (Wildman–Crippen LogP) is 3.51. The molecule has 0 spiro atoms. The number of methoxy groups -OCH3 is 1. The molecule has 1 aliphatic heterocycles. The van der Waals surface area contributed by atoms with Crippen LogP contribution < -0.4 is 10.2 Å². The average molecular weight is 470 g/mol. The molecular weight excluding hydrogens is 446 g/mol. The Morgan fingerprint density at radius 3 is 2.60 bits per heavy atom. The fraction of sp³-hybridized carbons (Fsp3) is 0.192. The van der Waals surface area contributed by atoms with Crippen molar-refractivity contribution in [1.82, 2.24) is 14.8 Å². The van der Waals surface area contributed by atoms with E-state index in [4.69, 9.17) is 4.74 Å². The molecule has 0 saturated carbocycles. The van der Waals surface area contributed by atoms with E-state index in [1.165, 1.54) is 12.0 Å². The monoisotopic (exact) mass is 469 g/mol. The summed E-state index contributed by atoms with van der Waals surface area (Å²) in [5.41, 5.74) is 3.62. The molecule has 9 heteroatoms. The minimum absolute atomic E-state index is 0.0436. The zero-order valence-corrected chi connectivity index (χ0v) is 19.3. The molecule has 1 aliphatic rings. The summed E-state index contributed by atoms with van der Waals surface area (Å²) in [6, 6.07) is 18.2. The number of anilines is 2. The average Bonchev–Trinajstić information content (AvgIpc) is 3.44. The molecule has 1 unspecified atom stereocenters. The third-order valence-corrected chi connectivity index (χ3v) is 6.07. The Balaban J connectivity index is 1.35. The molecule has 3 heterocycles. The van der Waals surface area contributed by atoms with Crippen LogP contribution in [-0.2, 0) is 14.3 Å². The first-order valence-electron chi connectivity index (χ1n) is 11.2. The maximum Gasteiger partial charge on any atom is 0.339 e. The fourth-order valence-electron chi connectivity index (χ4n) is 4.31. The summed E-state index contributed by atoms with van der Waals surface area (Å²) in [5, 5.41) is 8.30. The van der Waals surface area contributed by atoms with Crippen molar-refractivity contribution in [2.45, 2.75) is 13.3 Å². The highest BCUT2D eigenvalue weighted by Crippen LogP contribution is 2.30. The van der Waals surface area contributed by atoms with Crippen molar-refractivity contribution in [2.24, 2.45) is 5.92 Å². The topological polar surface area (TPSA) is 106 Å². The van der Waals surface area contributed by atoms with Crippen LogP contribution in [0.5, 0.6) is 0 Å². The number of pyridine rings is 1. The normalized spacial score (nSPS) is 15.4. The van der Waals surface area contributed by atoms with Crippen LogP contribution in [0.15, 0.2) is 66.9 Å². The lowest BCUT2D eigenvalue weighted by atomic mass is 10.1. The highest BCUT2D eigenvalue weighted by atomic mass is 16.5. The number of carbonyl (C=O) groups is 3. The third-order valence-electron chi connectivity index (χ3n) is 6.07. The van der Waals surface area contributed by atoms with Crippen LogP contribution in [0.3, 0.4) is 0 Å². The van der Waals surface area contributed by atoms with E-state index in [2.05, 4.69) is 15.4 Å². The van der Waals surface area contributed by atoms with Crippen LogP contribution in [0.4, 0.5) is 11.4 Å². The minimum Gasteiger partial charge on any atom is -0.465 e. The fourth-order valence-corrected chi connectivity index (χ4v) is 4.31. The molecule has 1 atom stereocenters. The first-order chi connectivity index (χ1) is 17.0. The Kier molecular flexibility index (Phi) is 5.74. The minimum atomic E-state index is -0.572. The molecule has 1 fully saturated rings. The van der Waals surface area contributed by atoms with Crippen molar-refractivity contribution >= 4 is 40.2 Å². The number of hydrogen-bond donors (Lipinski definition) is 1. The van der Waals surface area contributed by atoms with Crippen LogP contribution in [0.2, 0.25) is 0 Å². The van der Waals surface area contributed by atoms with Gasteiger partial charge in [-0.15, -0.1) is 0 Å². The second-order valence-electron chi connectivity index (χ2n) is 8.33. The first-order valence-corrected chi connectivity index (χ1v) is 11.2. The number of fused-ring (bicyclic) bond motifs is 1. The maximum atomic E-state index is 13.0. The molecule has 2 amide bonds. The van der Waals surface area contributed by atoms with Gasteiger partial charge in [-0.25, -0.2) is 14.5 Å². The number of hydrogen-bond acceptors (Lipinski definition) is 6. The van der Waals surface area contributed by atoms with E-state index in [0.717, 1.165) is 16.8 Å². The highest BCUT2D eigenvalue weighted by Gasteiger charge is 2.36. The number of nitrogens with zero attached hydrogens (tertiary/aromatic N) is 4. The standard InChI is InChI=1S/C26H23N5O4/c1-16-21-13-18(14-27-24(21)31(29-16)19-8-4-3-5-9-19)28-25(33)17-12-23(32)30(15-17)22-11-7-6-10-20(22)26(34)35-2/h3-11,13-14,17H,12,15H2,1-2H3,(H,28,33). The number of carbonyl (C=O) groups excluding carboxylic acids is 3. The molecule has 2 aromatic carbocycles. The number of esters is 1. The van der Waals surface area contributed by atoms with Gasteiger partial charge in [0.2, 0.25) is 11.8 Å². The lowest BCUT2D eigenvalue weighted by Crippen LogP contribution is -2.29. The number of nitrogens with one attached hydrogen (secondary N) is 1. The molecule has 0 radical (unpaired) electrons. The zero-order valence-electron chi connectivity index (χ0n) is 19.3. The number of ether oxygens (including phenoxy) is 1. The molecule has 176 valence electrons. The second kappa shape index (κ2) is 9.02. The lowest BCUT2D eigenvalue weighted by Gasteiger charge is -2.19. The van der Waals surface area contributed by atoms with Crippen molar-refractivity contribution < 1.29 is 19.1 Å². The van der Waals surface area contributed by atoms with E-state index in [0.29, 0.717) is 17.0 Å². The van der Waals surface area contributed by atoms with Crippen molar-refractivity contribution in [3.63, 3.8) is 0 Å². The van der Waals surface area contributed by atoms with Crippen LogP contribution >= 0.6 is 0 Å². The summed E-state index contributed by atoms with van der Waals surface area (Å²) in [5.74, 6) is -1.62. The van der Waals surface area contributed by atoms with E-state index in [9.17, 15) is 14.4 Å². The number of para-hydroxylation sites is 2. The van der Waals surface area contributed by atoms with Gasteiger partial charge in [0.05, 0.1) is 47.5 Å². The van der Waals surface area contributed by atoms with Gasteiger partial charge in [0.15, 0.2) is 5.65 Å². The highest BCUT2D eigenvalue weighted by molar-refractivity contribution is 6.07. The summed E-state index contributed by atoms with van der Waals surface area (Å²) in [6.07, 6.45) is 1.63. The molecule has 5 rings (SSSR count). The number of benzene rings is 2. The largest absolute Gasteiger partial charge is 0.465 e. The Morgan fingerprint density at radius 1 is 1.09 bits per heavy atom.